The third-order valence-corrected chi connectivity index (χ3v) is 2.57. The minimum Gasteiger partial charge on any atom is -0.502 e. The molecule has 0 bridgehead atoms. The molecule has 0 aromatic carbocycles. The highest BCUT2D eigenvalue weighted by atomic mass is 16.3. The van der Waals surface area contributed by atoms with Crippen molar-refractivity contribution >= 4 is 11.7 Å². The van der Waals surface area contributed by atoms with Gasteiger partial charge in [0.05, 0.1) is 5.56 Å². The lowest BCUT2D eigenvalue weighted by Crippen LogP contribution is -2.28. The van der Waals surface area contributed by atoms with E-state index in [1.165, 1.54) is 23.9 Å². The van der Waals surface area contributed by atoms with Crippen LogP contribution in [0.3, 0.4) is 0 Å². The van der Waals surface area contributed by atoms with Crippen LogP contribution in [-0.2, 0) is 11.8 Å². The molecule has 6 nitrogen and oxygen atoms in total. The monoisotopic (exact) mass is 252 g/mol. The second kappa shape index (κ2) is 6.00. The molecule has 0 saturated heterocycles. The standard InChI is InChI=1S/C12H16N2O4/c1-3-8(15)4-6-13-11(17)9-5-7-14(2)12(18)10(9)16/h5,7,16H,3-4,6H2,1-2H3,(H,13,17). The van der Waals surface area contributed by atoms with E-state index in [0.29, 0.717) is 6.42 Å². The largest absolute Gasteiger partial charge is 0.502 e. The van der Waals surface area contributed by atoms with E-state index in [1.807, 2.05) is 0 Å². The highest BCUT2D eigenvalue weighted by Gasteiger charge is 2.14. The molecule has 1 heterocycles. The van der Waals surface area contributed by atoms with E-state index in [2.05, 4.69) is 5.32 Å². The molecular weight excluding hydrogens is 236 g/mol. The van der Waals surface area contributed by atoms with Crippen LogP contribution in [0.2, 0.25) is 0 Å². The molecule has 0 spiro atoms. The highest BCUT2D eigenvalue weighted by Crippen LogP contribution is 2.09. The Morgan fingerprint density at radius 3 is 2.72 bits per heavy atom. The average Bonchev–Trinajstić information content (AvgIpc) is 2.35. The lowest BCUT2D eigenvalue weighted by Gasteiger charge is -2.06. The summed E-state index contributed by atoms with van der Waals surface area (Å²) in [6.07, 6.45) is 2.06. The number of pyridine rings is 1. The van der Waals surface area contributed by atoms with Gasteiger partial charge in [-0.25, -0.2) is 0 Å². The van der Waals surface area contributed by atoms with Crippen molar-refractivity contribution in [3.8, 4) is 5.75 Å². The van der Waals surface area contributed by atoms with Crippen LogP contribution in [0, 0.1) is 0 Å². The molecule has 0 unspecified atom stereocenters. The minimum absolute atomic E-state index is 0.0449. The van der Waals surface area contributed by atoms with Crippen molar-refractivity contribution in [1.29, 1.82) is 0 Å². The summed E-state index contributed by atoms with van der Waals surface area (Å²) in [4.78, 5) is 34.1. The quantitative estimate of drug-likeness (QED) is 0.783. The summed E-state index contributed by atoms with van der Waals surface area (Å²) >= 11 is 0. The molecule has 18 heavy (non-hydrogen) atoms. The van der Waals surface area contributed by atoms with Gasteiger partial charge in [0, 0.05) is 32.6 Å². The fourth-order valence-electron chi connectivity index (χ4n) is 1.39. The summed E-state index contributed by atoms with van der Waals surface area (Å²) in [6, 6.07) is 1.35. The number of carbonyl (C=O) groups excluding carboxylic acids is 2. The molecular formula is C12H16N2O4. The molecule has 0 aliphatic rings. The molecule has 0 aliphatic heterocycles. The Hall–Kier alpha value is -2.11. The van der Waals surface area contributed by atoms with E-state index in [4.69, 9.17) is 0 Å². The molecule has 1 rings (SSSR count). The van der Waals surface area contributed by atoms with Gasteiger partial charge in [0.1, 0.15) is 5.78 Å². The van der Waals surface area contributed by atoms with Crippen LogP contribution in [-0.4, -0.2) is 27.9 Å². The Kier molecular flexibility index (Phi) is 4.65. The number of Topliss-reactive ketones (excluding diaryl/α,β-unsaturated/α-hetero) is 1. The Labute approximate surface area is 104 Å². The zero-order valence-corrected chi connectivity index (χ0v) is 10.4. The van der Waals surface area contributed by atoms with E-state index in [0.717, 1.165) is 0 Å². The summed E-state index contributed by atoms with van der Waals surface area (Å²) in [5.74, 6) is -1.10. The number of nitrogens with one attached hydrogen (secondary N) is 1. The first-order valence-corrected chi connectivity index (χ1v) is 5.65. The molecule has 0 atom stereocenters. The molecule has 2 N–H and O–H groups in total. The normalized spacial score (nSPS) is 10.1. The third-order valence-electron chi connectivity index (χ3n) is 2.57. The molecule has 0 radical (unpaired) electrons. The first kappa shape index (κ1) is 14.0. The van der Waals surface area contributed by atoms with Crippen molar-refractivity contribution < 1.29 is 14.7 Å². The predicted octanol–water partition coefficient (Wildman–Crippen LogP) is 0.190. The predicted molar refractivity (Wildman–Crippen MR) is 65.6 cm³/mol. The number of hydrogen-bond acceptors (Lipinski definition) is 4. The lowest BCUT2D eigenvalue weighted by atomic mass is 10.2. The van der Waals surface area contributed by atoms with Gasteiger partial charge in [-0.1, -0.05) is 6.92 Å². The van der Waals surface area contributed by atoms with E-state index in [1.54, 1.807) is 6.92 Å². The Morgan fingerprint density at radius 1 is 1.44 bits per heavy atom. The SMILES string of the molecule is CCC(=O)CCNC(=O)c1ccn(C)c(=O)c1O. The number of aromatic nitrogens is 1. The molecule has 98 valence electrons. The second-order valence-electron chi connectivity index (χ2n) is 3.89. The number of ketones is 1. The summed E-state index contributed by atoms with van der Waals surface area (Å²) in [7, 11) is 1.48. The molecule has 0 saturated carbocycles. The summed E-state index contributed by atoms with van der Waals surface area (Å²) < 4.78 is 1.17. The number of amides is 1. The van der Waals surface area contributed by atoms with E-state index >= 15 is 0 Å². The fourth-order valence-corrected chi connectivity index (χ4v) is 1.39. The summed E-state index contributed by atoms with van der Waals surface area (Å²) in [5, 5.41) is 12.0. The molecule has 6 heteroatoms. The number of aryl methyl sites for hydroxylation is 1. The van der Waals surface area contributed by atoms with Crippen molar-refractivity contribution in [2.45, 2.75) is 19.8 Å². The summed E-state index contributed by atoms with van der Waals surface area (Å²) in [5.41, 5.74) is -0.714. The molecule has 1 aromatic heterocycles. The molecule has 1 aromatic rings. The molecule has 0 aliphatic carbocycles. The van der Waals surface area contributed by atoms with Crippen LogP contribution in [0.15, 0.2) is 17.1 Å². The van der Waals surface area contributed by atoms with Crippen LogP contribution < -0.4 is 10.9 Å². The van der Waals surface area contributed by atoms with Crippen LogP contribution in [0.1, 0.15) is 30.1 Å². The number of aromatic hydroxyl groups is 1. The topological polar surface area (TPSA) is 88.4 Å². The zero-order valence-electron chi connectivity index (χ0n) is 10.4. The van der Waals surface area contributed by atoms with Gasteiger partial charge in [-0.3, -0.25) is 14.4 Å². The van der Waals surface area contributed by atoms with Crippen molar-refractivity contribution in [1.82, 2.24) is 9.88 Å². The van der Waals surface area contributed by atoms with Crippen molar-refractivity contribution in [3.63, 3.8) is 0 Å². The van der Waals surface area contributed by atoms with Gasteiger partial charge in [0.2, 0.25) is 0 Å². The fraction of sp³-hybridized carbons (Fsp3) is 0.417. The van der Waals surface area contributed by atoms with Gasteiger partial charge in [-0.15, -0.1) is 0 Å². The van der Waals surface area contributed by atoms with Crippen LogP contribution >= 0.6 is 0 Å². The van der Waals surface area contributed by atoms with Gasteiger partial charge in [-0.2, -0.15) is 0 Å². The lowest BCUT2D eigenvalue weighted by molar-refractivity contribution is -0.118. The van der Waals surface area contributed by atoms with E-state index in [-0.39, 0.29) is 24.3 Å². The number of nitrogens with zero attached hydrogens (tertiary/aromatic N) is 1. The Morgan fingerprint density at radius 2 is 2.11 bits per heavy atom. The van der Waals surface area contributed by atoms with Gasteiger partial charge < -0.3 is 15.0 Å². The minimum atomic E-state index is -0.632. The van der Waals surface area contributed by atoms with Crippen molar-refractivity contribution in [2.75, 3.05) is 6.54 Å². The smallest absolute Gasteiger partial charge is 0.293 e. The third kappa shape index (κ3) is 3.19. The van der Waals surface area contributed by atoms with Crippen LogP contribution in [0.5, 0.6) is 5.75 Å². The number of rotatable bonds is 5. The average molecular weight is 252 g/mol. The maximum absolute atomic E-state index is 11.7. The van der Waals surface area contributed by atoms with Crippen molar-refractivity contribution in [2.24, 2.45) is 7.05 Å². The maximum Gasteiger partial charge on any atom is 0.293 e. The second-order valence-corrected chi connectivity index (χ2v) is 3.89. The van der Waals surface area contributed by atoms with Crippen LogP contribution in [0.25, 0.3) is 0 Å². The van der Waals surface area contributed by atoms with Crippen molar-refractivity contribution in [3.05, 3.63) is 28.2 Å². The maximum atomic E-state index is 11.7. The molecule has 1 amide bonds. The highest BCUT2D eigenvalue weighted by molar-refractivity contribution is 5.96. The Bertz CT molecular complexity index is 519. The van der Waals surface area contributed by atoms with Gasteiger partial charge in [-0.05, 0) is 6.07 Å². The van der Waals surface area contributed by atoms with Gasteiger partial charge in [0.15, 0.2) is 5.75 Å². The Balaban J connectivity index is 2.71. The number of carbonyl (C=O) groups is 2. The first-order valence-electron chi connectivity index (χ1n) is 5.65. The van der Waals surface area contributed by atoms with Gasteiger partial charge in [0.25, 0.3) is 11.5 Å². The zero-order chi connectivity index (χ0) is 13.7. The summed E-state index contributed by atoms with van der Waals surface area (Å²) in [6.45, 7) is 1.94. The van der Waals surface area contributed by atoms with E-state index in [9.17, 15) is 19.5 Å². The first-order chi connectivity index (χ1) is 8.47. The molecule has 0 fully saturated rings. The van der Waals surface area contributed by atoms with E-state index < -0.39 is 17.2 Å². The van der Waals surface area contributed by atoms with Gasteiger partial charge >= 0.3 is 0 Å². The number of hydrogen-bond donors (Lipinski definition) is 2. The van der Waals surface area contributed by atoms with Crippen LogP contribution in [0.4, 0.5) is 0 Å².